The van der Waals surface area contributed by atoms with Crippen molar-refractivity contribution >= 4 is 5.82 Å². The molecule has 1 fully saturated rings. The van der Waals surface area contributed by atoms with Crippen molar-refractivity contribution in [3.63, 3.8) is 0 Å². The highest BCUT2D eigenvalue weighted by Gasteiger charge is 2.29. The molecule has 7 heteroatoms. The topological polar surface area (TPSA) is 82.3 Å². The molecule has 0 aliphatic heterocycles. The monoisotopic (exact) mass is 366 g/mol. The summed E-state index contributed by atoms with van der Waals surface area (Å²) in [5.41, 5.74) is 1.91. The normalized spacial score (nSPS) is 13.4. The Bertz CT molecular complexity index is 904. The number of anilines is 1. The maximum absolute atomic E-state index is 5.47. The highest BCUT2D eigenvalue weighted by molar-refractivity contribution is 5.54. The molecule has 2 heterocycles. The van der Waals surface area contributed by atoms with Gasteiger partial charge in [-0.1, -0.05) is 17.3 Å². The van der Waals surface area contributed by atoms with Gasteiger partial charge in [-0.05, 0) is 43.0 Å². The Morgan fingerprint density at radius 3 is 2.74 bits per heavy atom. The lowest BCUT2D eigenvalue weighted by Gasteiger charge is -2.13. The number of aromatic nitrogens is 3. The number of nitrogens with one attached hydrogen (secondary N) is 1. The molecular formula is C20H22N4O3. The van der Waals surface area contributed by atoms with Crippen LogP contribution in [0, 0.1) is 0 Å². The van der Waals surface area contributed by atoms with Gasteiger partial charge in [0.1, 0.15) is 5.82 Å². The number of benzene rings is 1. The molecule has 140 valence electrons. The molecule has 1 aliphatic carbocycles. The zero-order valence-electron chi connectivity index (χ0n) is 15.4. The zero-order chi connectivity index (χ0) is 18.6. The van der Waals surface area contributed by atoms with Crippen LogP contribution in [0.4, 0.5) is 5.82 Å². The van der Waals surface area contributed by atoms with Crippen molar-refractivity contribution in [3.05, 3.63) is 47.9 Å². The van der Waals surface area contributed by atoms with Crippen molar-refractivity contribution in [2.75, 3.05) is 26.1 Å². The summed E-state index contributed by atoms with van der Waals surface area (Å²) in [5, 5.41) is 7.36. The minimum Gasteiger partial charge on any atom is -0.493 e. The van der Waals surface area contributed by atoms with E-state index in [4.69, 9.17) is 14.0 Å². The fourth-order valence-electron chi connectivity index (χ4n) is 2.96. The second kappa shape index (κ2) is 7.65. The third kappa shape index (κ3) is 3.86. The van der Waals surface area contributed by atoms with Crippen LogP contribution in [0.5, 0.6) is 11.5 Å². The van der Waals surface area contributed by atoms with Gasteiger partial charge < -0.3 is 19.3 Å². The Labute approximate surface area is 157 Å². The lowest BCUT2D eigenvalue weighted by Crippen LogP contribution is -2.07. The van der Waals surface area contributed by atoms with Crippen LogP contribution in [0.2, 0.25) is 0 Å². The Kier molecular flexibility index (Phi) is 4.91. The first-order valence-electron chi connectivity index (χ1n) is 9.02. The SMILES string of the molecule is COc1cccc(CCNc2ccc(-c3nc(C4CC4)no3)cn2)c1OC. The lowest BCUT2D eigenvalue weighted by molar-refractivity contribution is 0.352. The standard InChI is InChI=1S/C20H22N4O3/c1-25-16-5-3-4-13(18(16)26-2)10-11-21-17-9-8-15(12-22-17)20-23-19(24-27-20)14-6-7-14/h3-5,8-9,12,14H,6-7,10-11H2,1-2H3,(H,21,22). The molecule has 3 aromatic rings. The number of hydrogen-bond acceptors (Lipinski definition) is 7. The molecule has 0 bridgehead atoms. The first kappa shape index (κ1) is 17.3. The summed E-state index contributed by atoms with van der Waals surface area (Å²) in [6.45, 7) is 0.724. The van der Waals surface area contributed by atoms with Crippen LogP contribution < -0.4 is 14.8 Å². The summed E-state index contributed by atoms with van der Waals surface area (Å²) in [5.74, 6) is 4.11. The van der Waals surface area contributed by atoms with E-state index in [1.165, 1.54) is 0 Å². The molecule has 27 heavy (non-hydrogen) atoms. The lowest BCUT2D eigenvalue weighted by atomic mass is 10.1. The van der Waals surface area contributed by atoms with Crippen molar-refractivity contribution in [1.82, 2.24) is 15.1 Å². The van der Waals surface area contributed by atoms with Crippen LogP contribution >= 0.6 is 0 Å². The Morgan fingerprint density at radius 1 is 1.15 bits per heavy atom. The van der Waals surface area contributed by atoms with Gasteiger partial charge in [0.15, 0.2) is 17.3 Å². The van der Waals surface area contributed by atoms with Crippen LogP contribution in [0.15, 0.2) is 41.1 Å². The summed E-state index contributed by atoms with van der Waals surface area (Å²) in [4.78, 5) is 8.88. The van der Waals surface area contributed by atoms with Gasteiger partial charge in [0.25, 0.3) is 5.89 Å². The molecule has 2 aromatic heterocycles. The van der Waals surface area contributed by atoms with Crippen molar-refractivity contribution in [2.45, 2.75) is 25.2 Å². The Hall–Kier alpha value is -3.09. The van der Waals surface area contributed by atoms with E-state index in [1.807, 2.05) is 30.3 Å². The van der Waals surface area contributed by atoms with Gasteiger partial charge in [0.2, 0.25) is 0 Å². The molecule has 0 amide bonds. The van der Waals surface area contributed by atoms with E-state index < -0.39 is 0 Å². The van der Waals surface area contributed by atoms with E-state index in [9.17, 15) is 0 Å². The van der Waals surface area contributed by atoms with E-state index in [2.05, 4.69) is 20.4 Å². The van der Waals surface area contributed by atoms with Gasteiger partial charge in [0.05, 0.1) is 19.8 Å². The molecule has 7 nitrogen and oxygen atoms in total. The van der Waals surface area contributed by atoms with E-state index in [1.54, 1.807) is 20.4 Å². The van der Waals surface area contributed by atoms with Crippen molar-refractivity contribution in [2.24, 2.45) is 0 Å². The van der Waals surface area contributed by atoms with Gasteiger partial charge in [-0.3, -0.25) is 0 Å². The molecule has 4 rings (SSSR count). The van der Waals surface area contributed by atoms with Crippen LogP contribution in [0.3, 0.4) is 0 Å². The second-order valence-corrected chi connectivity index (χ2v) is 6.49. The predicted octanol–water partition coefficient (Wildman–Crippen LogP) is 3.68. The second-order valence-electron chi connectivity index (χ2n) is 6.49. The molecule has 0 radical (unpaired) electrons. The fraction of sp³-hybridized carbons (Fsp3) is 0.350. The minimum absolute atomic E-state index is 0.477. The van der Waals surface area contributed by atoms with Crippen molar-refractivity contribution in [1.29, 1.82) is 0 Å². The Morgan fingerprint density at radius 2 is 2.04 bits per heavy atom. The summed E-state index contributed by atoms with van der Waals surface area (Å²) < 4.78 is 16.1. The molecule has 0 unspecified atom stereocenters. The first-order valence-corrected chi connectivity index (χ1v) is 9.02. The van der Waals surface area contributed by atoms with Gasteiger partial charge in [-0.2, -0.15) is 4.98 Å². The van der Waals surface area contributed by atoms with Crippen LogP contribution in [-0.2, 0) is 6.42 Å². The number of methoxy groups -OCH3 is 2. The zero-order valence-corrected chi connectivity index (χ0v) is 15.4. The van der Waals surface area contributed by atoms with E-state index in [0.29, 0.717) is 11.8 Å². The molecule has 0 atom stereocenters. The summed E-state index contributed by atoms with van der Waals surface area (Å²) in [7, 11) is 3.30. The van der Waals surface area contributed by atoms with Crippen molar-refractivity contribution < 1.29 is 14.0 Å². The number of ether oxygens (including phenoxy) is 2. The van der Waals surface area contributed by atoms with E-state index in [-0.39, 0.29) is 0 Å². The number of para-hydroxylation sites is 1. The smallest absolute Gasteiger partial charge is 0.259 e. The average molecular weight is 366 g/mol. The quantitative estimate of drug-likeness (QED) is 0.651. The summed E-state index contributed by atoms with van der Waals surface area (Å²) in [6.07, 6.45) is 4.84. The highest BCUT2D eigenvalue weighted by atomic mass is 16.5. The Balaban J connectivity index is 1.36. The first-order chi connectivity index (χ1) is 13.3. The molecular weight excluding hydrogens is 344 g/mol. The summed E-state index contributed by atoms with van der Waals surface area (Å²) >= 11 is 0. The van der Waals surface area contributed by atoms with Gasteiger partial charge in [-0.15, -0.1) is 0 Å². The molecule has 0 spiro atoms. The molecule has 1 aliphatic rings. The maximum atomic E-state index is 5.47. The van der Waals surface area contributed by atoms with Crippen molar-refractivity contribution in [3.8, 4) is 23.0 Å². The van der Waals surface area contributed by atoms with Crippen LogP contribution in [0.25, 0.3) is 11.5 Å². The van der Waals surface area contributed by atoms with E-state index >= 15 is 0 Å². The van der Waals surface area contributed by atoms with Crippen LogP contribution in [0.1, 0.15) is 30.1 Å². The molecule has 0 saturated heterocycles. The molecule has 1 N–H and O–H groups in total. The number of pyridine rings is 1. The molecule has 1 aromatic carbocycles. The molecule has 1 saturated carbocycles. The fourth-order valence-corrected chi connectivity index (χ4v) is 2.96. The van der Waals surface area contributed by atoms with Crippen LogP contribution in [-0.4, -0.2) is 35.9 Å². The number of nitrogens with zero attached hydrogens (tertiary/aromatic N) is 3. The maximum Gasteiger partial charge on any atom is 0.259 e. The third-order valence-corrected chi connectivity index (χ3v) is 4.58. The highest BCUT2D eigenvalue weighted by Crippen LogP contribution is 2.38. The number of hydrogen-bond donors (Lipinski definition) is 1. The van der Waals surface area contributed by atoms with E-state index in [0.717, 1.165) is 60.1 Å². The van der Waals surface area contributed by atoms with Gasteiger partial charge in [-0.25, -0.2) is 4.98 Å². The average Bonchev–Trinajstić information content (AvgIpc) is 3.45. The third-order valence-electron chi connectivity index (χ3n) is 4.58. The number of rotatable bonds is 8. The summed E-state index contributed by atoms with van der Waals surface area (Å²) in [6, 6.07) is 9.74. The van der Waals surface area contributed by atoms with Gasteiger partial charge >= 0.3 is 0 Å². The predicted molar refractivity (Wildman–Crippen MR) is 101 cm³/mol. The van der Waals surface area contributed by atoms with Gasteiger partial charge in [0, 0.05) is 18.7 Å². The largest absolute Gasteiger partial charge is 0.493 e. The minimum atomic E-state index is 0.477.